The number of para-hydroxylation sites is 2. The summed E-state index contributed by atoms with van der Waals surface area (Å²) >= 11 is 0. The molecule has 7 aromatic rings. The van der Waals surface area contributed by atoms with Crippen molar-refractivity contribution in [3.8, 4) is 11.5 Å². The molecular weight excluding hydrogens is 778 g/mol. The molecule has 0 radical (unpaired) electrons. The second kappa shape index (κ2) is 17.1. The summed E-state index contributed by atoms with van der Waals surface area (Å²) in [5.74, 6) is 0.860. The smallest absolute Gasteiger partial charge is 0.416 e. The SMILES string of the molecule is CC(C)(C)[Si](O[C@H]1C[C@H](n2cnc3c(NC(=O)c4ccccc4)ncnc32)O[C@@H]1CCP(=O)(Oc1ccccc1)Oc1ccccc1)(c1ccccc1)c1ccccc1. The van der Waals surface area contributed by atoms with Gasteiger partial charge in [0.05, 0.1) is 24.7 Å². The summed E-state index contributed by atoms with van der Waals surface area (Å²) in [6.07, 6.45) is 2.22. The Hall–Kier alpha value is -5.91. The molecule has 0 bridgehead atoms. The number of imidazole rings is 1. The van der Waals surface area contributed by atoms with E-state index in [0.29, 0.717) is 34.6 Å². The van der Waals surface area contributed by atoms with Crippen molar-refractivity contribution < 1.29 is 27.6 Å². The van der Waals surface area contributed by atoms with Crippen LogP contribution in [0.15, 0.2) is 164 Å². The van der Waals surface area contributed by atoms with Crippen molar-refractivity contribution in [1.82, 2.24) is 19.5 Å². The van der Waals surface area contributed by atoms with Crippen LogP contribution in [0.4, 0.5) is 5.82 Å². The van der Waals surface area contributed by atoms with E-state index in [1.165, 1.54) is 6.33 Å². The first-order valence-electron chi connectivity index (χ1n) is 19.7. The zero-order valence-corrected chi connectivity index (χ0v) is 35.0. The lowest BCUT2D eigenvalue weighted by atomic mass is 10.1. The number of hydrogen-bond acceptors (Lipinski definition) is 9. The minimum atomic E-state index is -3.81. The molecule has 3 heterocycles. The molecule has 0 unspecified atom stereocenters. The molecule has 1 N–H and O–H groups in total. The number of benzene rings is 5. The summed E-state index contributed by atoms with van der Waals surface area (Å²) in [6, 6.07) is 48.0. The van der Waals surface area contributed by atoms with E-state index in [0.717, 1.165) is 10.4 Å². The molecule has 0 spiro atoms. The van der Waals surface area contributed by atoms with Crippen LogP contribution >= 0.6 is 7.60 Å². The number of hydrogen-bond donors (Lipinski definition) is 1. The van der Waals surface area contributed by atoms with Crippen molar-refractivity contribution in [3.05, 3.63) is 170 Å². The maximum absolute atomic E-state index is 14.8. The third kappa shape index (κ3) is 8.62. The van der Waals surface area contributed by atoms with E-state index in [1.54, 1.807) is 54.9 Å². The Labute approximate surface area is 345 Å². The quantitative estimate of drug-likeness (QED) is 0.0845. The molecule has 300 valence electrons. The minimum Gasteiger partial charge on any atom is -0.416 e. The van der Waals surface area contributed by atoms with Gasteiger partial charge in [0.25, 0.3) is 14.2 Å². The van der Waals surface area contributed by atoms with E-state index in [1.807, 2.05) is 59.2 Å². The number of aromatic nitrogens is 4. The van der Waals surface area contributed by atoms with Gasteiger partial charge in [0.15, 0.2) is 17.0 Å². The van der Waals surface area contributed by atoms with Gasteiger partial charge in [-0.2, -0.15) is 0 Å². The number of amides is 1. The number of carbonyl (C=O) groups is 1. The first kappa shape index (κ1) is 39.9. The van der Waals surface area contributed by atoms with Crippen molar-refractivity contribution in [1.29, 1.82) is 0 Å². The van der Waals surface area contributed by atoms with Gasteiger partial charge in [0.1, 0.15) is 24.1 Å². The molecular formula is C46H46N5O6PSi. The molecule has 13 heteroatoms. The van der Waals surface area contributed by atoms with Gasteiger partial charge in [0.2, 0.25) is 0 Å². The lowest BCUT2D eigenvalue weighted by Gasteiger charge is -2.45. The van der Waals surface area contributed by atoms with Crippen LogP contribution in [0.1, 0.15) is 50.2 Å². The molecule has 0 saturated carbocycles. The van der Waals surface area contributed by atoms with E-state index in [9.17, 15) is 9.36 Å². The van der Waals surface area contributed by atoms with Crippen LogP contribution in [-0.4, -0.2) is 52.1 Å². The van der Waals surface area contributed by atoms with Crippen molar-refractivity contribution in [2.24, 2.45) is 0 Å². The summed E-state index contributed by atoms with van der Waals surface area (Å²) in [4.78, 5) is 26.8. The Morgan fingerprint density at radius 3 is 1.83 bits per heavy atom. The van der Waals surface area contributed by atoms with Gasteiger partial charge < -0.3 is 23.5 Å². The number of nitrogens with zero attached hydrogens (tertiary/aromatic N) is 4. The van der Waals surface area contributed by atoms with Crippen LogP contribution in [0.2, 0.25) is 5.04 Å². The van der Waals surface area contributed by atoms with Gasteiger partial charge in [-0.25, -0.2) is 19.5 Å². The molecule has 59 heavy (non-hydrogen) atoms. The van der Waals surface area contributed by atoms with Crippen molar-refractivity contribution in [2.75, 3.05) is 11.5 Å². The van der Waals surface area contributed by atoms with Crippen LogP contribution in [-0.2, 0) is 13.7 Å². The highest BCUT2D eigenvalue weighted by atomic mass is 31.2. The molecule has 0 aliphatic carbocycles. The van der Waals surface area contributed by atoms with Crippen LogP contribution < -0.4 is 24.7 Å². The lowest BCUT2D eigenvalue weighted by Crippen LogP contribution is -2.68. The molecule has 11 nitrogen and oxygen atoms in total. The van der Waals surface area contributed by atoms with Crippen LogP contribution in [0.3, 0.4) is 0 Å². The largest absolute Gasteiger partial charge is 0.430 e. The molecule has 1 aliphatic heterocycles. The molecule has 1 aliphatic rings. The molecule has 1 saturated heterocycles. The molecule has 3 atom stereocenters. The number of fused-ring (bicyclic) bond motifs is 1. The molecule has 1 amide bonds. The summed E-state index contributed by atoms with van der Waals surface area (Å²) in [5, 5.41) is 4.84. The first-order chi connectivity index (χ1) is 28.6. The lowest BCUT2D eigenvalue weighted by molar-refractivity contribution is -0.0156. The van der Waals surface area contributed by atoms with E-state index in [2.05, 4.69) is 89.6 Å². The van der Waals surface area contributed by atoms with E-state index < -0.39 is 34.3 Å². The first-order valence-corrected chi connectivity index (χ1v) is 23.3. The van der Waals surface area contributed by atoms with E-state index in [4.69, 9.17) is 18.2 Å². The van der Waals surface area contributed by atoms with Crippen LogP contribution in [0, 0.1) is 0 Å². The number of ether oxygens (including phenoxy) is 1. The minimum absolute atomic E-state index is 0.0390. The van der Waals surface area contributed by atoms with Gasteiger partial charge in [-0.15, -0.1) is 0 Å². The molecule has 2 aromatic heterocycles. The Balaban J connectivity index is 1.17. The van der Waals surface area contributed by atoms with Crippen LogP contribution in [0.25, 0.3) is 11.2 Å². The van der Waals surface area contributed by atoms with Gasteiger partial charge in [-0.05, 0) is 58.2 Å². The van der Waals surface area contributed by atoms with Gasteiger partial charge >= 0.3 is 7.60 Å². The summed E-state index contributed by atoms with van der Waals surface area (Å²) in [7, 11) is -6.90. The summed E-state index contributed by atoms with van der Waals surface area (Å²) in [5.41, 5.74) is 1.41. The van der Waals surface area contributed by atoms with Crippen molar-refractivity contribution >= 4 is 49.2 Å². The third-order valence-corrected chi connectivity index (χ3v) is 17.4. The number of rotatable bonds is 14. The second-order valence-electron chi connectivity index (χ2n) is 15.5. The predicted octanol–water partition coefficient (Wildman–Crippen LogP) is 9.05. The second-order valence-corrected chi connectivity index (χ2v) is 21.8. The van der Waals surface area contributed by atoms with Crippen molar-refractivity contribution in [2.45, 2.75) is 57.1 Å². The fourth-order valence-electron chi connectivity index (χ4n) is 7.77. The zero-order chi connectivity index (χ0) is 40.9. The third-order valence-electron chi connectivity index (χ3n) is 10.5. The zero-order valence-electron chi connectivity index (χ0n) is 33.1. The fourth-order valence-corrected chi connectivity index (χ4v) is 14.2. The van der Waals surface area contributed by atoms with E-state index >= 15 is 0 Å². The fraction of sp³-hybridized carbons (Fsp3) is 0.217. The van der Waals surface area contributed by atoms with Crippen molar-refractivity contribution in [3.63, 3.8) is 0 Å². The van der Waals surface area contributed by atoms with E-state index in [-0.39, 0.29) is 29.3 Å². The average Bonchev–Trinajstić information content (AvgIpc) is 3.88. The number of carbonyl (C=O) groups excluding carboxylic acids is 1. The molecule has 5 aromatic carbocycles. The summed E-state index contributed by atoms with van der Waals surface area (Å²) in [6.45, 7) is 6.72. The topological polar surface area (TPSA) is 127 Å². The Bertz CT molecular complexity index is 2440. The maximum Gasteiger partial charge on any atom is 0.430 e. The van der Waals surface area contributed by atoms with Gasteiger partial charge in [-0.3, -0.25) is 9.36 Å². The highest BCUT2D eigenvalue weighted by Crippen LogP contribution is 2.51. The Morgan fingerprint density at radius 2 is 1.29 bits per heavy atom. The number of anilines is 1. The normalized spacial score (nSPS) is 17.1. The van der Waals surface area contributed by atoms with Crippen LogP contribution in [0.5, 0.6) is 11.5 Å². The summed E-state index contributed by atoms with van der Waals surface area (Å²) < 4.78 is 43.8. The van der Waals surface area contributed by atoms with Gasteiger partial charge in [-0.1, -0.05) is 136 Å². The molecule has 8 rings (SSSR count). The Kier molecular flexibility index (Phi) is 11.6. The molecule has 1 fully saturated rings. The monoisotopic (exact) mass is 823 g/mol. The number of nitrogens with one attached hydrogen (secondary N) is 1. The van der Waals surface area contributed by atoms with Gasteiger partial charge in [0, 0.05) is 12.0 Å². The maximum atomic E-state index is 14.8. The highest BCUT2D eigenvalue weighted by molar-refractivity contribution is 7.54. The standard InChI is InChI=1S/C46H46N5O6PSi/c1-46(2,3)59(37-25-15-7-16-26-37,38-27-17-8-18-28-38)57-40-31-41(51-33-49-42-43(47-32-48-44(42)51)50-45(52)34-19-9-4-10-20-34)54-39(40)29-30-58(53,55-35-21-11-5-12-22-35)56-36-23-13-6-14-24-36/h4-28,32-33,39-41H,29-31H2,1-3H3,(H,47,48,50,52)/t39-,40+,41-/m1/s1. The predicted molar refractivity (Wildman–Crippen MR) is 232 cm³/mol. The average molecular weight is 824 g/mol. The Morgan fingerprint density at radius 1 is 0.763 bits per heavy atom. The highest BCUT2D eigenvalue weighted by Gasteiger charge is 2.54.